The highest BCUT2D eigenvalue weighted by Gasteiger charge is 2.33. The van der Waals surface area contributed by atoms with Gasteiger partial charge >= 0.3 is 0 Å². The Bertz CT molecular complexity index is 1370. The number of carbonyl (C=O) groups is 1. The fourth-order valence-electron chi connectivity index (χ4n) is 4.89. The highest BCUT2D eigenvalue weighted by Crippen LogP contribution is 2.37. The van der Waals surface area contributed by atoms with Crippen molar-refractivity contribution < 1.29 is 13.9 Å². The largest absolute Gasteiger partial charge is 0.497 e. The van der Waals surface area contributed by atoms with E-state index in [0.717, 1.165) is 41.9 Å². The smallest absolute Gasteiger partial charge is 0.227 e. The third-order valence-corrected chi connectivity index (χ3v) is 6.82. The number of fused-ring (bicyclic) bond motifs is 1. The van der Waals surface area contributed by atoms with Gasteiger partial charge in [0.15, 0.2) is 5.78 Å². The maximum Gasteiger partial charge on any atom is 0.227 e. The first-order valence-electron chi connectivity index (χ1n) is 12.3. The van der Waals surface area contributed by atoms with Gasteiger partial charge in [0.05, 0.1) is 24.6 Å². The summed E-state index contributed by atoms with van der Waals surface area (Å²) in [5, 5.41) is 3.37. The average molecular weight is 498 g/mol. The van der Waals surface area contributed by atoms with E-state index in [9.17, 15) is 4.79 Å². The van der Waals surface area contributed by atoms with Crippen molar-refractivity contribution in [3.63, 3.8) is 0 Å². The van der Waals surface area contributed by atoms with Crippen molar-refractivity contribution in [2.75, 3.05) is 48.4 Å². The number of benzene rings is 1. The predicted molar refractivity (Wildman–Crippen MR) is 139 cm³/mol. The molecule has 1 unspecified atom stereocenters. The Morgan fingerprint density at radius 1 is 0.919 bits per heavy atom. The molecule has 1 saturated heterocycles. The molecule has 1 aliphatic carbocycles. The Morgan fingerprint density at radius 2 is 1.65 bits per heavy atom. The number of aromatic nitrogens is 4. The van der Waals surface area contributed by atoms with Gasteiger partial charge in [-0.2, -0.15) is 4.98 Å². The van der Waals surface area contributed by atoms with Crippen LogP contribution in [0.2, 0.25) is 0 Å². The van der Waals surface area contributed by atoms with Crippen molar-refractivity contribution >= 4 is 29.2 Å². The van der Waals surface area contributed by atoms with Crippen molar-refractivity contribution in [3.8, 4) is 5.75 Å². The molecule has 4 aromatic rings. The second kappa shape index (κ2) is 9.88. The van der Waals surface area contributed by atoms with Gasteiger partial charge in [0, 0.05) is 63.0 Å². The molecule has 1 N–H and O–H groups in total. The zero-order valence-electron chi connectivity index (χ0n) is 20.5. The molecule has 0 spiro atoms. The van der Waals surface area contributed by atoms with E-state index in [1.807, 2.05) is 42.5 Å². The van der Waals surface area contributed by atoms with Gasteiger partial charge < -0.3 is 24.3 Å². The Labute approximate surface area is 214 Å². The van der Waals surface area contributed by atoms with Crippen LogP contribution in [0, 0.1) is 0 Å². The lowest BCUT2D eigenvalue weighted by atomic mass is 9.84. The van der Waals surface area contributed by atoms with Gasteiger partial charge in [-0.1, -0.05) is 0 Å². The van der Waals surface area contributed by atoms with Crippen LogP contribution in [-0.4, -0.2) is 59.0 Å². The van der Waals surface area contributed by atoms with E-state index >= 15 is 0 Å². The van der Waals surface area contributed by atoms with Gasteiger partial charge in [0.2, 0.25) is 11.9 Å². The fourth-order valence-corrected chi connectivity index (χ4v) is 4.89. The van der Waals surface area contributed by atoms with Gasteiger partial charge in [-0.25, -0.2) is 15.0 Å². The molecule has 1 aromatic carbocycles. The molecule has 0 bridgehead atoms. The first kappa shape index (κ1) is 23.0. The summed E-state index contributed by atoms with van der Waals surface area (Å²) >= 11 is 0. The van der Waals surface area contributed by atoms with E-state index in [2.05, 4.69) is 25.1 Å². The maximum absolute atomic E-state index is 13.4. The lowest BCUT2D eigenvalue weighted by Crippen LogP contribution is -2.48. The summed E-state index contributed by atoms with van der Waals surface area (Å²) in [6.07, 6.45) is 6.12. The second-order valence-electron chi connectivity index (χ2n) is 9.11. The van der Waals surface area contributed by atoms with Crippen LogP contribution in [0.3, 0.4) is 0 Å². The third-order valence-electron chi connectivity index (χ3n) is 6.82. The Balaban J connectivity index is 1.31. The summed E-state index contributed by atoms with van der Waals surface area (Å²) in [7, 11) is 1.63. The van der Waals surface area contributed by atoms with Crippen LogP contribution < -0.4 is 19.9 Å². The van der Waals surface area contributed by atoms with Crippen LogP contribution in [0.25, 0.3) is 0 Å². The molecule has 1 fully saturated rings. The van der Waals surface area contributed by atoms with Crippen LogP contribution in [0.5, 0.6) is 5.75 Å². The lowest BCUT2D eigenvalue weighted by Gasteiger charge is -2.35. The van der Waals surface area contributed by atoms with Crippen LogP contribution in [-0.2, 0) is 6.42 Å². The first-order chi connectivity index (χ1) is 18.2. The predicted octanol–water partition coefficient (Wildman–Crippen LogP) is 3.85. The molecule has 1 atom stereocenters. The quantitative estimate of drug-likeness (QED) is 0.422. The Hall–Kier alpha value is -4.47. The van der Waals surface area contributed by atoms with Gasteiger partial charge in [-0.15, -0.1) is 0 Å². The topological polar surface area (TPSA) is 110 Å². The number of nitrogens with one attached hydrogen (secondary N) is 1. The number of hydrogen-bond donors (Lipinski definition) is 1. The molecule has 1 aliphatic heterocycles. The summed E-state index contributed by atoms with van der Waals surface area (Å²) < 4.78 is 10.9. The zero-order valence-corrected chi connectivity index (χ0v) is 20.5. The van der Waals surface area contributed by atoms with Crippen LogP contribution in [0.1, 0.15) is 34.2 Å². The molecule has 0 amide bonds. The van der Waals surface area contributed by atoms with Gasteiger partial charge in [-0.05, 0) is 42.5 Å². The molecule has 188 valence electrons. The number of nitrogens with zero attached hydrogens (tertiary/aromatic N) is 6. The van der Waals surface area contributed by atoms with E-state index in [1.165, 1.54) is 0 Å². The van der Waals surface area contributed by atoms with Crippen LogP contribution in [0.4, 0.5) is 23.4 Å². The number of anilines is 4. The van der Waals surface area contributed by atoms with Crippen molar-refractivity contribution in [1.82, 2.24) is 19.9 Å². The van der Waals surface area contributed by atoms with E-state index in [0.29, 0.717) is 43.3 Å². The minimum atomic E-state index is -0.0429. The van der Waals surface area contributed by atoms with Gasteiger partial charge in [0.1, 0.15) is 17.3 Å². The molecular formula is C27H27N7O3. The number of ketones is 1. The number of methoxy groups -OCH3 is 1. The SMILES string of the molecule is COc1ccc(Nc2nc(N3CCN(c4ncccn4)CC3)nc3c2C(=O)CC(c2ccco2)C3)cc1. The summed E-state index contributed by atoms with van der Waals surface area (Å²) in [6, 6.07) is 13.2. The zero-order chi connectivity index (χ0) is 25.2. The Morgan fingerprint density at radius 3 is 2.32 bits per heavy atom. The molecule has 10 heteroatoms. The second-order valence-corrected chi connectivity index (χ2v) is 9.11. The van der Waals surface area contributed by atoms with Crippen molar-refractivity contribution in [2.45, 2.75) is 18.8 Å². The fraction of sp³-hybridized carbons (Fsp3) is 0.296. The first-order valence-corrected chi connectivity index (χ1v) is 12.3. The number of piperazine rings is 1. The molecule has 2 aliphatic rings. The molecule has 6 rings (SSSR count). The summed E-state index contributed by atoms with van der Waals surface area (Å²) in [5.41, 5.74) is 2.12. The normalized spacial score (nSPS) is 17.4. The van der Waals surface area contributed by atoms with Gasteiger partial charge in [0.25, 0.3) is 0 Å². The number of furan rings is 1. The molecule has 4 heterocycles. The maximum atomic E-state index is 13.4. The Kier molecular flexibility index (Phi) is 6.13. The van der Waals surface area contributed by atoms with E-state index < -0.39 is 0 Å². The van der Waals surface area contributed by atoms with Crippen LogP contribution in [0.15, 0.2) is 65.5 Å². The van der Waals surface area contributed by atoms with Crippen molar-refractivity contribution in [1.29, 1.82) is 0 Å². The summed E-state index contributed by atoms with van der Waals surface area (Å²) in [6.45, 7) is 2.93. The standard InChI is InChI=1S/C27H27N7O3/c1-36-20-7-5-19(6-8-20)30-25-24-21(16-18(17-22(24)35)23-4-2-15-37-23)31-27(32-25)34-13-11-33(12-14-34)26-28-9-3-10-29-26/h2-10,15,18H,11-14,16-17H2,1H3,(H,30,31,32). The van der Waals surface area contributed by atoms with E-state index in [-0.39, 0.29) is 11.7 Å². The summed E-state index contributed by atoms with van der Waals surface area (Å²) in [5.74, 6) is 3.39. The number of hydrogen-bond acceptors (Lipinski definition) is 10. The third kappa shape index (κ3) is 4.69. The minimum absolute atomic E-state index is 0.0104. The summed E-state index contributed by atoms with van der Waals surface area (Å²) in [4.78, 5) is 36.2. The van der Waals surface area contributed by atoms with E-state index in [4.69, 9.17) is 19.1 Å². The molecule has 0 radical (unpaired) electrons. The minimum Gasteiger partial charge on any atom is -0.497 e. The lowest BCUT2D eigenvalue weighted by molar-refractivity contribution is 0.0959. The highest BCUT2D eigenvalue weighted by molar-refractivity contribution is 6.03. The number of rotatable bonds is 6. The van der Waals surface area contributed by atoms with Crippen LogP contribution >= 0.6 is 0 Å². The average Bonchev–Trinajstić information content (AvgIpc) is 3.49. The molecule has 10 nitrogen and oxygen atoms in total. The number of carbonyl (C=O) groups excluding carboxylic acids is 1. The molecule has 0 saturated carbocycles. The monoisotopic (exact) mass is 497 g/mol. The van der Waals surface area contributed by atoms with Gasteiger partial charge in [-0.3, -0.25) is 4.79 Å². The van der Waals surface area contributed by atoms with Crippen molar-refractivity contribution in [3.05, 3.63) is 78.1 Å². The number of Topliss-reactive ketones (excluding diaryl/α,β-unsaturated/α-hetero) is 1. The molecular weight excluding hydrogens is 470 g/mol. The van der Waals surface area contributed by atoms with Crippen molar-refractivity contribution in [2.24, 2.45) is 0 Å². The molecule has 3 aromatic heterocycles. The number of ether oxygens (including phenoxy) is 1. The van der Waals surface area contributed by atoms with E-state index in [1.54, 1.807) is 25.8 Å². The highest BCUT2D eigenvalue weighted by atomic mass is 16.5. The molecule has 37 heavy (non-hydrogen) atoms.